The number of benzene rings is 1. The van der Waals surface area contributed by atoms with Crippen molar-refractivity contribution in [3.8, 4) is 5.75 Å². The van der Waals surface area contributed by atoms with Crippen LogP contribution < -0.4 is 4.74 Å². The lowest BCUT2D eigenvalue weighted by Crippen LogP contribution is -1.98. The monoisotopic (exact) mass is 212 g/mol. The summed E-state index contributed by atoms with van der Waals surface area (Å²) >= 11 is 5.90. The number of rotatable bonds is 5. The van der Waals surface area contributed by atoms with E-state index in [1.54, 1.807) is 0 Å². The molecule has 0 amide bonds. The van der Waals surface area contributed by atoms with Gasteiger partial charge in [0.25, 0.3) is 0 Å². The third kappa shape index (κ3) is 4.01. The molecule has 0 aliphatic carbocycles. The van der Waals surface area contributed by atoms with Crippen LogP contribution in [0.15, 0.2) is 24.3 Å². The molecule has 0 aliphatic rings. The number of halogens is 1. The second-order valence-electron chi connectivity index (χ2n) is 3.48. The van der Waals surface area contributed by atoms with Gasteiger partial charge in [-0.05, 0) is 37.5 Å². The Hall–Kier alpha value is -0.690. The minimum Gasteiger partial charge on any atom is -0.494 e. The zero-order valence-corrected chi connectivity index (χ0v) is 9.55. The van der Waals surface area contributed by atoms with Gasteiger partial charge in [0.15, 0.2) is 0 Å². The molecule has 14 heavy (non-hydrogen) atoms. The van der Waals surface area contributed by atoms with Gasteiger partial charge in [-0.2, -0.15) is 0 Å². The van der Waals surface area contributed by atoms with Gasteiger partial charge < -0.3 is 4.74 Å². The molecule has 0 heterocycles. The first kappa shape index (κ1) is 11.4. The Morgan fingerprint density at radius 2 is 1.93 bits per heavy atom. The number of hydrogen-bond acceptors (Lipinski definition) is 1. The molecule has 1 rings (SSSR count). The van der Waals surface area contributed by atoms with Crippen molar-refractivity contribution in [3.05, 3.63) is 29.8 Å². The number of alkyl halides is 1. The summed E-state index contributed by atoms with van der Waals surface area (Å²) in [6.45, 7) is 4.89. The summed E-state index contributed by atoms with van der Waals surface area (Å²) in [6.07, 6.45) is 1.95. The molecule has 2 heteroatoms. The minimum atomic E-state index is 0.192. The molecule has 1 aromatic carbocycles. The molecular weight excluding hydrogens is 196 g/mol. The van der Waals surface area contributed by atoms with Crippen LogP contribution in [-0.2, 0) is 6.42 Å². The van der Waals surface area contributed by atoms with Crippen molar-refractivity contribution in [2.45, 2.75) is 32.1 Å². The highest BCUT2D eigenvalue weighted by atomic mass is 35.5. The molecule has 0 N–H and O–H groups in total. The molecule has 0 aromatic heterocycles. The van der Waals surface area contributed by atoms with E-state index in [4.69, 9.17) is 16.3 Å². The molecule has 0 fully saturated rings. The molecule has 0 radical (unpaired) electrons. The molecule has 1 nitrogen and oxygen atoms in total. The SMILES string of the molecule is CCCOc1ccc(CC(C)Cl)cc1. The lowest BCUT2D eigenvalue weighted by atomic mass is 10.1. The number of ether oxygens (including phenoxy) is 1. The van der Waals surface area contributed by atoms with Crippen LogP contribution in [-0.4, -0.2) is 12.0 Å². The number of hydrogen-bond donors (Lipinski definition) is 0. The van der Waals surface area contributed by atoms with E-state index >= 15 is 0 Å². The maximum absolute atomic E-state index is 5.90. The normalized spacial score (nSPS) is 12.5. The highest BCUT2D eigenvalue weighted by Crippen LogP contribution is 2.14. The lowest BCUT2D eigenvalue weighted by molar-refractivity contribution is 0.317. The fourth-order valence-corrected chi connectivity index (χ4v) is 1.44. The van der Waals surface area contributed by atoms with Crippen molar-refractivity contribution in [3.63, 3.8) is 0 Å². The summed E-state index contributed by atoms with van der Waals surface area (Å²) in [7, 11) is 0. The molecule has 78 valence electrons. The molecule has 0 aliphatic heterocycles. The smallest absolute Gasteiger partial charge is 0.119 e. The molecule has 0 saturated heterocycles. The van der Waals surface area contributed by atoms with Crippen LogP contribution in [0.4, 0.5) is 0 Å². The van der Waals surface area contributed by atoms with Crippen LogP contribution in [0.2, 0.25) is 0 Å². The van der Waals surface area contributed by atoms with Crippen molar-refractivity contribution in [1.29, 1.82) is 0 Å². The minimum absolute atomic E-state index is 0.192. The lowest BCUT2D eigenvalue weighted by Gasteiger charge is -2.06. The molecule has 1 aromatic rings. The van der Waals surface area contributed by atoms with Crippen LogP contribution in [0.1, 0.15) is 25.8 Å². The van der Waals surface area contributed by atoms with Crippen molar-refractivity contribution in [1.82, 2.24) is 0 Å². The van der Waals surface area contributed by atoms with Crippen molar-refractivity contribution in [2.24, 2.45) is 0 Å². The average molecular weight is 213 g/mol. The zero-order valence-electron chi connectivity index (χ0n) is 8.79. The summed E-state index contributed by atoms with van der Waals surface area (Å²) in [5.74, 6) is 0.942. The molecule has 0 spiro atoms. The van der Waals surface area contributed by atoms with Crippen molar-refractivity contribution >= 4 is 11.6 Å². The van der Waals surface area contributed by atoms with E-state index in [1.165, 1.54) is 5.56 Å². The third-order valence-electron chi connectivity index (χ3n) is 1.91. The fraction of sp³-hybridized carbons (Fsp3) is 0.500. The van der Waals surface area contributed by atoms with Gasteiger partial charge in [-0.25, -0.2) is 0 Å². The fourth-order valence-electron chi connectivity index (χ4n) is 1.27. The van der Waals surface area contributed by atoms with Gasteiger partial charge in [-0.1, -0.05) is 19.1 Å². The summed E-state index contributed by atoms with van der Waals surface area (Å²) in [4.78, 5) is 0. The maximum Gasteiger partial charge on any atom is 0.119 e. The Bertz CT molecular complexity index is 254. The Kier molecular flexibility index (Phi) is 4.81. The first-order chi connectivity index (χ1) is 6.72. The average Bonchev–Trinajstić information content (AvgIpc) is 2.16. The predicted octanol–water partition coefficient (Wildman–Crippen LogP) is 3.65. The maximum atomic E-state index is 5.90. The van der Waals surface area contributed by atoms with Gasteiger partial charge in [0.1, 0.15) is 5.75 Å². The second kappa shape index (κ2) is 5.92. The molecular formula is C12H17ClO. The van der Waals surface area contributed by atoms with Crippen LogP contribution >= 0.6 is 11.6 Å². The summed E-state index contributed by atoms with van der Waals surface area (Å²) < 4.78 is 5.48. The van der Waals surface area contributed by atoms with Gasteiger partial charge in [0.2, 0.25) is 0 Å². The van der Waals surface area contributed by atoms with Crippen LogP contribution in [0.5, 0.6) is 5.75 Å². The second-order valence-corrected chi connectivity index (χ2v) is 4.22. The Morgan fingerprint density at radius 3 is 2.43 bits per heavy atom. The Labute approximate surface area is 91.0 Å². The first-order valence-electron chi connectivity index (χ1n) is 5.08. The van der Waals surface area contributed by atoms with Gasteiger partial charge in [0.05, 0.1) is 6.61 Å². The summed E-state index contributed by atoms with van der Waals surface area (Å²) in [5, 5.41) is 0.192. The first-order valence-corrected chi connectivity index (χ1v) is 5.52. The van der Waals surface area contributed by atoms with Crippen LogP contribution in [0, 0.1) is 0 Å². The highest BCUT2D eigenvalue weighted by molar-refractivity contribution is 6.20. The van der Waals surface area contributed by atoms with Gasteiger partial charge >= 0.3 is 0 Å². The largest absolute Gasteiger partial charge is 0.494 e. The summed E-state index contributed by atoms with van der Waals surface area (Å²) in [5.41, 5.74) is 1.26. The van der Waals surface area contributed by atoms with E-state index < -0.39 is 0 Å². The van der Waals surface area contributed by atoms with Gasteiger partial charge in [-0.3, -0.25) is 0 Å². The molecule has 0 saturated carbocycles. The van der Waals surface area contributed by atoms with Crippen LogP contribution in [0.3, 0.4) is 0 Å². The molecule has 1 atom stereocenters. The van der Waals surface area contributed by atoms with Gasteiger partial charge in [-0.15, -0.1) is 11.6 Å². The van der Waals surface area contributed by atoms with Crippen LogP contribution in [0.25, 0.3) is 0 Å². The standard InChI is InChI=1S/C12H17ClO/c1-3-8-14-12-6-4-11(5-7-12)9-10(2)13/h4-7,10H,3,8-9H2,1-2H3. The highest BCUT2D eigenvalue weighted by Gasteiger charge is 1.99. The molecule has 0 bridgehead atoms. The van der Waals surface area contributed by atoms with E-state index in [1.807, 2.05) is 19.1 Å². The predicted molar refractivity (Wildman–Crippen MR) is 61.2 cm³/mol. The van der Waals surface area contributed by atoms with Crippen molar-refractivity contribution < 1.29 is 4.74 Å². The van der Waals surface area contributed by atoms with E-state index in [0.29, 0.717) is 0 Å². The van der Waals surface area contributed by atoms with E-state index in [9.17, 15) is 0 Å². The Balaban J connectivity index is 2.50. The van der Waals surface area contributed by atoms with E-state index in [-0.39, 0.29) is 5.38 Å². The topological polar surface area (TPSA) is 9.23 Å². The van der Waals surface area contributed by atoms with E-state index in [0.717, 1.165) is 25.2 Å². The molecule has 1 unspecified atom stereocenters. The van der Waals surface area contributed by atoms with Gasteiger partial charge in [0, 0.05) is 5.38 Å². The Morgan fingerprint density at radius 1 is 1.29 bits per heavy atom. The summed E-state index contributed by atoms with van der Waals surface area (Å²) in [6, 6.07) is 8.16. The van der Waals surface area contributed by atoms with Crippen molar-refractivity contribution in [2.75, 3.05) is 6.61 Å². The zero-order chi connectivity index (χ0) is 10.4. The quantitative estimate of drug-likeness (QED) is 0.678. The van der Waals surface area contributed by atoms with E-state index in [2.05, 4.69) is 19.1 Å². The third-order valence-corrected chi connectivity index (χ3v) is 2.07.